The van der Waals surface area contributed by atoms with Crippen molar-refractivity contribution >= 4 is 11.9 Å². The van der Waals surface area contributed by atoms with Crippen LogP contribution in [0, 0.1) is 0 Å². The summed E-state index contributed by atoms with van der Waals surface area (Å²) in [7, 11) is 4.07. The van der Waals surface area contributed by atoms with Crippen molar-refractivity contribution in [3.05, 3.63) is 28.8 Å². The highest BCUT2D eigenvalue weighted by molar-refractivity contribution is 6.07. The molecule has 0 radical (unpaired) electrons. The quantitative estimate of drug-likeness (QED) is 0.566. The predicted molar refractivity (Wildman–Crippen MR) is 129 cm³/mol. The molecule has 2 aliphatic carbocycles. The first-order valence-electron chi connectivity index (χ1n) is 12.7. The fraction of sp³-hybridized carbons (Fsp3) is 0.692. The molecule has 2 heterocycles. The third kappa shape index (κ3) is 2.94. The van der Waals surface area contributed by atoms with Gasteiger partial charge in [-0.2, -0.15) is 0 Å². The Morgan fingerprint density at radius 2 is 1.91 bits per heavy atom. The molecule has 4 unspecified atom stereocenters. The van der Waals surface area contributed by atoms with E-state index in [1.54, 1.807) is 4.90 Å². The molecule has 0 aromatic heterocycles. The average Bonchev–Trinajstić information content (AvgIpc) is 2.98. The molecule has 186 valence electrons. The second kappa shape index (κ2) is 7.93. The number of nitrogens with one attached hydrogen (secondary N) is 1. The molecule has 1 aromatic carbocycles. The van der Waals surface area contributed by atoms with Crippen molar-refractivity contribution in [1.29, 1.82) is 0 Å². The largest absolute Gasteiger partial charge is 0.508 e. The number of hydrogen-bond acceptors (Lipinski definition) is 6. The highest BCUT2D eigenvalue weighted by atomic mass is 16.3. The number of phenols is 1. The number of carbonyl (C=O) groups excluding carboxylic acids is 2. The third-order valence-corrected chi connectivity index (χ3v) is 9.20. The minimum Gasteiger partial charge on any atom is -0.508 e. The number of aliphatic hydroxyl groups is 1. The van der Waals surface area contributed by atoms with Crippen LogP contribution in [0.5, 0.6) is 5.75 Å². The number of likely N-dealkylation sites (N-methyl/N-ethyl adjacent to an activating group) is 3. The number of benzene rings is 1. The second-order valence-electron chi connectivity index (χ2n) is 10.9. The number of piperidine rings is 1. The molecule has 3 amide bonds. The lowest BCUT2D eigenvalue weighted by Crippen LogP contribution is -2.76. The van der Waals surface area contributed by atoms with E-state index in [1.807, 2.05) is 40.1 Å². The Hall–Kier alpha value is -2.16. The molecule has 1 spiro atoms. The van der Waals surface area contributed by atoms with Gasteiger partial charge in [-0.3, -0.25) is 9.69 Å². The molecule has 2 saturated heterocycles. The summed E-state index contributed by atoms with van der Waals surface area (Å²) in [6.45, 7) is 6.16. The molecule has 2 bridgehead atoms. The molecule has 1 aromatic rings. The molecular formula is C26H38N4O4. The first-order chi connectivity index (χ1) is 16.1. The van der Waals surface area contributed by atoms with Crippen molar-refractivity contribution < 1.29 is 19.8 Å². The lowest BCUT2D eigenvalue weighted by molar-refractivity contribution is -0.163. The molecule has 3 N–H and O–H groups in total. The van der Waals surface area contributed by atoms with Crippen LogP contribution in [0.1, 0.15) is 56.2 Å². The minimum absolute atomic E-state index is 0.113. The number of hydrogen-bond donors (Lipinski definition) is 3. The number of nitrogens with zero attached hydrogens (tertiary/aromatic N) is 3. The maximum atomic E-state index is 13.8. The standard InChI is InChI=1S/C26H38N4O4/c1-5-29-22(32)25(30(6-2)23(29)33)8-9-26(34)21-15-19-17(7-12-28(3)4)13-18(31)14-20(19)24(26,16-25)10-11-27-21/h13-14,21,27,31,34H,5-12,15-16H2,1-4H3. The van der Waals surface area contributed by atoms with E-state index in [2.05, 4.69) is 10.2 Å². The monoisotopic (exact) mass is 470 g/mol. The molecule has 1 saturated carbocycles. The van der Waals surface area contributed by atoms with E-state index in [9.17, 15) is 19.8 Å². The summed E-state index contributed by atoms with van der Waals surface area (Å²) in [5.74, 6) is 0.0747. The lowest BCUT2D eigenvalue weighted by Gasteiger charge is -2.64. The molecule has 8 heteroatoms. The van der Waals surface area contributed by atoms with E-state index in [0.29, 0.717) is 45.2 Å². The number of amides is 3. The van der Waals surface area contributed by atoms with Crippen LogP contribution in [0.4, 0.5) is 4.79 Å². The van der Waals surface area contributed by atoms with Crippen molar-refractivity contribution in [2.24, 2.45) is 0 Å². The fourth-order valence-electron chi connectivity index (χ4n) is 7.59. The van der Waals surface area contributed by atoms with Gasteiger partial charge in [-0.05, 0) is 102 Å². The number of phenolic OH excluding ortho intramolecular Hbond substituents is 1. The fourth-order valence-corrected chi connectivity index (χ4v) is 7.59. The summed E-state index contributed by atoms with van der Waals surface area (Å²) >= 11 is 0. The van der Waals surface area contributed by atoms with Crippen LogP contribution < -0.4 is 5.32 Å². The number of imide groups is 1. The van der Waals surface area contributed by atoms with Crippen molar-refractivity contribution in [1.82, 2.24) is 20.0 Å². The van der Waals surface area contributed by atoms with Gasteiger partial charge in [-0.15, -0.1) is 0 Å². The summed E-state index contributed by atoms with van der Waals surface area (Å²) in [6.07, 6.45) is 3.47. The van der Waals surface area contributed by atoms with Gasteiger partial charge in [0.1, 0.15) is 11.3 Å². The molecule has 3 fully saturated rings. The second-order valence-corrected chi connectivity index (χ2v) is 10.9. The molecule has 34 heavy (non-hydrogen) atoms. The number of carbonyl (C=O) groups is 2. The Morgan fingerprint density at radius 1 is 1.15 bits per heavy atom. The maximum Gasteiger partial charge on any atom is 0.327 e. The van der Waals surface area contributed by atoms with Crippen LogP contribution >= 0.6 is 0 Å². The molecule has 4 atom stereocenters. The molecular weight excluding hydrogens is 432 g/mol. The topological polar surface area (TPSA) is 96.3 Å². The van der Waals surface area contributed by atoms with Gasteiger partial charge in [0.05, 0.1) is 5.60 Å². The Bertz CT molecular complexity index is 1030. The van der Waals surface area contributed by atoms with Crippen molar-refractivity contribution in [2.75, 3.05) is 40.3 Å². The molecule has 8 nitrogen and oxygen atoms in total. The van der Waals surface area contributed by atoms with E-state index in [-0.39, 0.29) is 23.7 Å². The molecule has 5 rings (SSSR count). The van der Waals surface area contributed by atoms with Crippen LogP contribution in [0.15, 0.2) is 12.1 Å². The van der Waals surface area contributed by atoms with Crippen LogP contribution in [0.2, 0.25) is 0 Å². The SMILES string of the molecule is CCN1C(=O)N(CC)C2(CCC3(O)C4Cc5c(CCN(C)C)cc(O)cc5C3(CCN4)C2)C1=O. The zero-order valence-corrected chi connectivity index (χ0v) is 20.9. The van der Waals surface area contributed by atoms with E-state index >= 15 is 0 Å². The van der Waals surface area contributed by atoms with E-state index in [1.165, 1.54) is 10.5 Å². The number of rotatable bonds is 5. The Labute approximate surface area is 201 Å². The minimum atomic E-state index is -1.03. The summed E-state index contributed by atoms with van der Waals surface area (Å²) in [5.41, 5.74) is 0.596. The zero-order chi connectivity index (χ0) is 24.5. The average molecular weight is 471 g/mol. The van der Waals surface area contributed by atoms with Crippen molar-refractivity contribution in [3.63, 3.8) is 0 Å². The van der Waals surface area contributed by atoms with Gasteiger partial charge < -0.3 is 25.3 Å². The summed E-state index contributed by atoms with van der Waals surface area (Å²) in [4.78, 5) is 32.2. The lowest BCUT2D eigenvalue weighted by atomic mass is 9.46. The normalized spacial score (nSPS) is 34.7. The van der Waals surface area contributed by atoms with Crippen LogP contribution in [-0.4, -0.2) is 94.3 Å². The smallest absolute Gasteiger partial charge is 0.327 e. The van der Waals surface area contributed by atoms with Gasteiger partial charge in [0.25, 0.3) is 5.91 Å². The molecule has 2 aliphatic heterocycles. The van der Waals surface area contributed by atoms with Crippen LogP contribution in [0.25, 0.3) is 0 Å². The number of urea groups is 1. The van der Waals surface area contributed by atoms with Gasteiger partial charge in [-0.1, -0.05) is 0 Å². The van der Waals surface area contributed by atoms with Gasteiger partial charge in [0, 0.05) is 31.1 Å². The Balaban J connectivity index is 1.68. The first-order valence-corrected chi connectivity index (χ1v) is 12.7. The number of fused-ring (bicyclic) bond motifs is 1. The van der Waals surface area contributed by atoms with Gasteiger partial charge in [-0.25, -0.2) is 4.79 Å². The van der Waals surface area contributed by atoms with E-state index in [4.69, 9.17) is 0 Å². The highest BCUT2D eigenvalue weighted by Crippen LogP contribution is 2.61. The third-order valence-electron chi connectivity index (χ3n) is 9.20. The zero-order valence-electron chi connectivity index (χ0n) is 20.9. The summed E-state index contributed by atoms with van der Waals surface area (Å²) in [5, 5.41) is 26.7. The highest BCUT2D eigenvalue weighted by Gasteiger charge is 2.70. The number of aromatic hydroxyl groups is 1. The summed E-state index contributed by atoms with van der Waals surface area (Å²) in [6, 6.07) is 3.35. The van der Waals surface area contributed by atoms with E-state index < -0.39 is 16.6 Å². The maximum absolute atomic E-state index is 13.8. The van der Waals surface area contributed by atoms with Crippen molar-refractivity contribution in [2.45, 2.75) is 75.0 Å². The Morgan fingerprint density at radius 3 is 2.59 bits per heavy atom. The van der Waals surface area contributed by atoms with Crippen molar-refractivity contribution in [3.8, 4) is 5.75 Å². The van der Waals surface area contributed by atoms with Crippen LogP contribution in [0.3, 0.4) is 0 Å². The molecule has 4 aliphatic rings. The van der Waals surface area contributed by atoms with Gasteiger partial charge >= 0.3 is 6.03 Å². The van der Waals surface area contributed by atoms with Crippen LogP contribution in [-0.2, 0) is 23.1 Å². The first kappa shape index (κ1) is 23.6. The summed E-state index contributed by atoms with van der Waals surface area (Å²) < 4.78 is 0. The Kier molecular flexibility index (Phi) is 5.50. The van der Waals surface area contributed by atoms with Gasteiger partial charge in [0.15, 0.2) is 0 Å². The van der Waals surface area contributed by atoms with Gasteiger partial charge in [0.2, 0.25) is 0 Å². The van der Waals surface area contributed by atoms with E-state index in [0.717, 1.165) is 30.6 Å². The predicted octanol–water partition coefficient (Wildman–Crippen LogP) is 1.61.